The Balaban J connectivity index is 1.76. The van der Waals surface area contributed by atoms with Crippen LogP contribution in [0.1, 0.15) is 40.2 Å². The van der Waals surface area contributed by atoms with Crippen LogP contribution in [-0.2, 0) is 17.4 Å². The number of hydrogen-bond donors (Lipinski definition) is 2. The third-order valence-electron chi connectivity index (χ3n) is 5.82. The lowest BCUT2D eigenvalue weighted by Gasteiger charge is -2.11. The molecule has 0 saturated heterocycles. The van der Waals surface area contributed by atoms with E-state index in [-0.39, 0.29) is 65.9 Å². The maximum Gasteiger partial charge on any atom is 0.433 e. The smallest absolute Gasteiger partial charge is 0.433 e. The summed E-state index contributed by atoms with van der Waals surface area (Å²) in [6, 6.07) is 7.91. The van der Waals surface area contributed by atoms with Crippen LogP contribution >= 0.6 is 0 Å². The maximum absolute atomic E-state index is 14.0. The molecule has 0 radical (unpaired) electrons. The first-order valence-corrected chi connectivity index (χ1v) is 11.6. The number of carbonyl (C=O) groups is 1. The standard InChI is InChI=1S/C25H22BF5N4O4/c1-12(26-38-11-32)22-21(23(36)33-10-13-3-4-14(27)9-17(13)28)35-24(39-22)16-5-7-18(37-2)20-15(16)6-8-19(34-20)25(29,30)31/h3-9,12,26H,10-11,32H2,1-2H3,(H,33,36)/t12-/m0/s1. The van der Waals surface area contributed by atoms with Crippen molar-refractivity contribution in [3.8, 4) is 17.2 Å². The van der Waals surface area contributed by atoms with E-state index >= 15 is 0 Å². The number of rotatable bonds is 9. The topological polar surface area (TPSA) is 112 Å². The monoisotopic (exact) mass is 548 g/mol. The fraction of sp³-hybridized carbons (Fsp3) is 0.240. The molecule has 4 aromatic rings. The predicted octanol–water partition coefficient (Wildman–Crippen LogP) is 4.47. The summed E-state index contributed by atoms with van der Waals surface area (Å²) in [7, 11) is 1.36. The fourth-order valence-electron chi connectivity index (χ4n) is 3.89. The van der Waals surface area contributed by atoms with Crippen LogP contribution in [0.2, 0.25) is 0 Å². The van der Waals surface area contributed by atoms with E-state index in [4.69, 9.17) is 19.5 Å². The zero-order valence-corrected chi connectivity index (χ0v) is 20.7. The Hall–Kier alpha value is -4.04. The molecular formula is C25H22BF5N4O4. The second kappa shape index (κ2) is 11.4. The van der Waals surface area contributed by atoms with E-state index in [1.54, 1.807) is 6.92 Å². The Morgan fingerprint density at radius 3 is 2.59 bits per heavy atom. The summed E-state index contributed by atoms with van der Waals surface area (Å²) in [6.45, 7) is 1.34. The number of nitrogens with one attached hydrogen (secondary N) is 1. The van der Waals surface area contributed by atoms with Gasteiger partial charge in [-0.2, -0.15) is 13.2 Å². The molecule has 0 aliphatic rings. The molecule has 1 amide bonds. The highest BCUT2D eigenvalue weighted by Gasteiger charge is 2.33. The number of aromatic nitrogens is 2. The number of pyridine rings is 1. The number of hydrogen-bond acceptors (Lipinski definition) is 7. The van der Waals surface area contributed by atoms with Crippen molar-refractivity contribution in [2.45, 2.75) is 25.5 Å². The van der Waals surface area contributed by atoms with Crippen LogP contribution in [-0.4, -0.2) is 37.2 Å². The molecule has 2 aromatic heterocycles. The van der Waals surface area contributed by atoms with Gasteiger partial charge in [0, 0.05) is 34.9 Å². The van der Waals surface area contributed by atoms with E-state index < -0.39 is 35.2 Å². The van der Waals surface area contributed by atoms with Crippen LogP contribution in [0, 0.1) is 11.6 Å². The summed E-state index contributed by atoms with van der Waals surface area (Å²) in [4.78, 5) is 21.2. The number of fused-ring (bicyclic) bond motifs is 1. The van der Waals surface area contributed by atoms with Gasteiger partial charge in [0.15, 0.2) is 5.69 Å². The van der Waals surface area contributed by atoms with Crippen molar-refractivity contribution in [2.75, 3.05) is 13.8 Å². The van der Waals surface area contributed by atoms with Gasteiger partial charge in [-0.3, -0.25) is 4.79 Å². The maximum atomic E-state index is 14.0. The van der Waals surface area contributed by atoms with Crippen molar-refractivity contribution < 1.29 is 40.6 Å². The van der Waals surface area contributed by atoms with Crippen LogP contribution in [0.4, 0.5) is 22.0 Å². The third kappa shape index (κ3) is 6.01. The first kappa shape index (κ1) is 28.0. The van der Waals surface area contributed by atoms with Gasteiger partial charge in [0.1, 0.15) is 34.4 Å². The Morgan fingerprint density at radius 2 is 1.92 bits per heavy atom. The number of nitrogens with zero attached hydrogens (tertiary/aromatic N) is 2. The number of methoxy groups -OCH3 is 1. The van der Waals surface area contributed by atoms with Crippen LogP contribution in [0.5, 0.6) is 5.75 Å². The average Bonchev–Trinajstić information content (AvgIpc) is 3.35. The Bertz CT molecular complexity index is 1510. The summed E-state index contributed by atoms with van der Waals surface area (Å²) >= 11 is 0. The molecule has 39 heavy (non-hydrogen) atoms. The number of ether oxygens (including phenoxy) is 1. The van der Waals surface area contributed by atoms with E-state index in [1.165, 1.54) is 31.4 Å². The van der Waals surface area contributed by atoms with Gasteiger partial charge in [-0.25, -0.2) is 18.7 Å². The van der Waals surface area contributed by atoms with Gasteiger partial charge in [-0.1, -0.05) is 13.0 Å². The molecule has 0 aliphatic carbocycles. The van der Waals surface area contributed by atoms with Gasteiger partial charge in [0.25, 0.3) is 13.4 Å². The largest absolute Gasteiger partial charge is 0.494 e. The Kier molecular flexibility index (Phi) is 8.16. The molecule has 3 N–H and O–H groups in total. The van der Waals surface area contributed by atoms with Gasteiger partial charge in [0.2, 0.25) is 5.89 Å². The van der Waals surface area contributed by atoms with Crippen molar-refractivity contribution in [3.63, 3.8) is 0 Å². The minimum atomic E-state index is -4.68. The van der Waals surface area contributed by atoms with E-state index in [1.807, 2.05) is 0 Å². The molecule has 0 unspecified atom stereocenters. The molecule has 8 nitrogen and oxygen atoms in total. The van der Waals surface area contributed by atoms with E-state index in [9.17, 15) is 26.7 Å². The van der Waals surface area contributed by atoms with Crippen LogP contribution in [0.3, 0.4) is 0 Å². The molecule has 0 saturated carbocycles. The van der Waals surface area contributed by atoms with Gasteiger partial charge < -0.3 is 24.9 Å². The molecule has 0 fully saturated rings. The number of halogens is 5. The molecule has 204 valence electrons. The minimum absolute atomic E-state index is 0.0437. The first-order chi connectivity index (χ1) is 18.5. The number of nitrogens with two attached hydrogens (primary N) is 1. The lowest BCUT2D eigenvalue weighted by atomic mass is 9.79. The lowest BCUT2D eigenvalue weighted by Crippen LogP contribution is -2.26. The Labute approximate surface area is 219 Å². The van der Waals surface area contributed by atoms with Crippen molar-refractivity contribution in [1.82, 2.24) is 15.3 Å². The number of alkyl halides is 3. The molecule has 0 spiro atoms. The van der Waals surface area contributed by atoms with Crippen molar-refractivity contribution in [2.24, 2.45) is 5.73 Å². The molecular weight excluding hydrogens is 526 g/mol. The minimum Gasteiger partial charge on any atom is -0.494 e. The molecule has 4 rings (SSSR count). The normalized spacial score (nSPS) is 12.4. The fourth-order valence-corrected chi connectivity index (χ4v) is 3.89. The van der Waals surface area contributed by atoms with Crippen molar-refractivity contribution in [1.29, 1.82) is 0 Å². The number of amides is 1. The molecule has 14 heteroatoms. The summed E-state index contributed by atoms with van der Waals surface area (Å²) in [6.07, 6.45) is -4.68. The van der Waals surface area contributed by atoms with E-state index in [0.29, 0.717) is 6.07 Å². The van der Waals surface area contributed by atoms with E-state index in [2.05, 4.69) is 15.3 Å². The van der Waals surface area contributed by atoms with Gasteiger partial charge in [0.05, 0.1) is 13.8 Å². The predicted molar refractivity (Wildman–Crippen MR) is 132 cm³/mol. The highest BCUT2D eigenvalue weighted by Crippen LogP contribution is 2.37. The highest BCUT2D eigenvalue weighted by molar-refractivity contribution is 6.29. The van der Waals surface area contributed by atoms with Crippen LogP contribution in [0.25, 0.3) is 22.4 Å². The quantitative estimate of drug-likeness (QED) is 0.180. The molecule has 0 aliphatic heterocycles. The molecule has 2 heterocycles. The summed E-state index contributed by atoms with van der Waals surface area (Å²) in [5, 5.41) is 2.76. The van der Waals surface area contributed by atoms with Gasteiger partial charge in [-0.05, 0) is 30.3 Å². The SMILES string of the molecule is COc1ccc(-c2nc(C(=O)NCc3ccc(F)cc3F)c([C@H](C)BOCN)o2)c2ccc(C(F)(F)F)nc12. The number of benzene rings is 2. The highest BCUT2D eigenvalue weighted by atomic mass is 19.4. The zero-order valence-electron chi connectivity index (χ0n) is 20.7. The zero-order chi connectivity index (χ0) is 28.3. The second-order valence-electron chi connectivity index (χ2n) is 8.49. The van der Waals surface area contributed by atoms with Crippen molar-refractivity contribution >= 4 is 24.3 Å². The lowest BCUT2D eigenvalue weighted by molar-refractivity contribution is -0.140. The van der Waals surface area contributed by atoms with Gasteiger partial charge >= 0.3 is 6.18 Å². The second-order valence-corrected chi connectivity index (χ2v) is 8.49. The molecule has 2 aromatic carbocycles. The molecule has 1 atom stereocenters. The Morgan fingerprint density at radius 1 is 1.15 bits per heavy atom. The summed E-state index contributed by atoms with van der Waals surface area (Å²) in [5.41, 5.74) is 4.36. The first-order valence-electron chi connectivity index (χ1n) is 11.6. The van der Waals surface area contributed by atoms with Crippen molar-refractivity contribution in [3.05, 3.63) is 76.8 Å². The summed E-state index contributed by atoms with van der Waals surface area (Å²) in [5.74, 6) is -2.71. The average molecular weight is 548 g/mol. The third-order valence-corrected chi connectivity index (χ3v) is 5.82. The summed E-state index contributed by atoms with van der Waals surface area (Å²) < 4.78 is 83.6. The van der Waals surface area contributed by atoms with Gasteiger partial charge in [-0.15, -0.1) is 0 Å². The van der Waals surface area contributed by atoms with Crippen LogP contribution < -0.4 is 15.8 Å². The van der Waals surface area contributed by atoms with Crippen LogP contribution in [0.15, 0.2) is 46.9 Å². The number of oxazole rings is 1. The molecule has 0 bridgehead atoms. The number of carbonyl (C=O) groups excluding carboxylic acids is 1. The van der Waals surface area contributed by atoms with E-state index in [0.717, 1.165) is 12.1 Å².